The number of hydrogen-bond donors (Lipinski definition) is 2. The average molecular weight is 189 g/mol. The van der Waals surface area contributed by atoms with Crippen LogP contribution >= 0.6 is 0 Å². The van der Waals surface area contributed by atoms with Gasteiger partial charge in [-0.25, -0.2) is 0 Å². The van der Waals surface area contributed by atoms with E-state index in [1.54, 1.807) is 6.92 Å². The van der Waals surface area contributed by atoms with E-state index in [0.29, 0.717) is 6.54 Å². The molecule has 4 heteroatoms. The smallest absolute Gasteiger partial charge is 0.248 e. The van der Waals surface area contributed by atoms with E-state index in [9.17, 15) is 4.79 Å². The third kappa shape index (κ3) is 4.85. The van der Waals surface area contributed by atoms with Crippen LogP contribution in [0.25, 0.3) is 0 Å². The number of amides is 1. The van der Waals surface area contributed by atoms with Gasteiger partial charge in [0, 0.05) is 25.7 Å². The largest absolute Gasteiger partial charge is 0.396 e. The molecule has 0 spiro atoms. The highest BCUT2D eigenvalue weighted by Gasteiger charge is 2.19. The Morgan fingerprint density at radius 1 is 1.62 bits per heavy atom. The molecule has 78 valence electrons. The standard InChI is InChI=1S/C9H19NO3/c1-7(13-4)8(12)10-5-9(2,3)6-11/h7,11H,5-6H2,1-4H3,(H,10,12). The molecule has 0 bridgehead atoms. The van der Waals surface area contributed by atoms with Crippen LogP contribution in [0.1, 0.15) is 20.8 Å². The molecule has 1 amide bonds. The van der Waals surface area contributed by atoms with Crippen molar-refractivity contribution in [1.82, 2.24) is 5.32 Å². The Bertz CT molecular complexity index is 168. The first-order valence-corrected chi connectivity index (χ1v) is 4.34. The fraction of sp³-hybridized carbons (Fsp3) is 0.889. The summed E-state index contributed by atoms with van der Waals surface area (Å²) in [7, 11) is 1.49. The molecule has 0 saturated heterocycles. The van der Waals surface area contributed by atoms with Crippen molar-refractivity contribution < 1.29 is 14.6 Å². The van der Waals surface area contributed by atoms with Crippen LogP contribution in [0, 0.1) is 5.41 Å². The van der Waals surface area contributed by atoms with Crippen LogP contribution < -0.4 is 5.32 Å². The third-order valence-electron chi connectivity index (χ3n) is 1.89. The van der Waals surface area contributed by atoms with Gasteiger partial charge in [0.2, 0.25) is 5.91 Å². The van der Waals surface area contributed by atoms with E-state index in [1.807, 2.05) is 13.8 Å². The van der Waals surface area contributed by atoms with E-state index < -0.39 is 6.10 Å². The predicted molar refractivity (Wildman–Crippen MR) is 50.3 cm³/mol. The maximum atomic E-state index is 11.2. The van der Waals surface area contributed by atoms with E-state index in [0.717, 1.165) is 0 Å². The van der Waals surface area contributed by atoms with Gasteiger partial charge in [-0.3, -0.25) is 4.79 Å². The van der Waals surface area contributed by atoms with Crippen molar-refractivity contribution in [2.24, 2.45) is 5.41 Å². The van der Waals surface area contributed by atoms with Gasteiger partial charge in [0.05, 0.1) is 0 Å². The molecule has 4 nitrogen and oxygen atoms in total. The van der Waals surface area contributed by atoms with Crippen LogP contribution in [0.4, 0.5) is 0 Å². The molecule has 1 atom stereocenters. The molecule has 0 radical (unpaired) electrons. The fourth-order valence-corrected chi connectivity index (χ4v) is 0.633. The van der Waals surface area contributed by atoms with Crippen LogP contribution in [0.15, 0.2) is 0 Å². The fourth-order valence-electron chi connectivity index (χ4n) is 0.633. The summed E-state index contributed by atoms with van der Waals surface area (Å²) in [5, 5.41) is 11.6. The van der Waals surface area contributed by atoms with Crippen molar-refractivity contribution in [2.75, 3.05) is 20.3 Å². The summed E-state index contributed by atoms with van der Waals surface area (Å²) < 4.78 is 4.84. The second kappa shape index (κ2) is 5.19. The second-order valence-corrected chi connectivity index (χ2v) is 3.92. The molecule has 0 aliphatic heterocycles. The van der Waals surface area contributed by atoms with Gasteiger partial charge >= 0.3 is 0 Å². The van der Waals surface area contributed by atoms with Gasteiger partial charge < -0.3 is 15.2 Å². The molecule has 0 aromatic carbocycles. The number of aliphatic hydroxyl groups is 1. The van der Waals surface area contributed by atoms with Crippen LogP contribution in [0.5, 0.6) is 0 Å². The van der Waals surface area contributed by atoms with Crippen LogP contribution in [-0.4, -0.2) is 37.4 Å². The minimum Gasteiger partial charge on any atom is -0.396 e. The molecule has 2 N–H and O–H groups in total. The van der Waals surface area contributed by atoms with E-state index in [-0.39, 0.29) is 17.9 Å². The predicted octanol–water partition coefficient (Wildman–Crippen LogP) is 0.156. The molecular formula is C9H19NO3. The van der Waals surface area contributed by atoms with Crippen LogP contribution in [0.3, 0.4) is 0 Å². The van der Waals surface area contributed by atoms with Crippen LogP contribution in [0.2, 0.25) is 0 Å². The lowest BCUT2D eigenvalue weighted by Crippen LogP contribution is -2.40. The van der Waals surface area contributed by atoms with E-state index in [4.69, 9.17) is 9.84 Å². The van der Waals surface area contributed by atoms with Crippen molar-refractivity contribution >= 4 is 5.91 Å². The normalized spacial score (nSPS) is 13.9. The molecule has 0 fully saturated rings. The first-order valence-electron chi connectivity index (χ1n) is 4.34. The number of nitrogens with one attached hydrogen (secondary N) is 1. The molecule has 0 aliphatic rings. The van der Waals surface area contributed by atoms with E-state index in [2.05, 4.69) is 5.32 Å². The topological polar surface area (TPSA) is 58.6 Å². The number of ether oxygens (including phenoxy) is 1. The van der Waals surface area contributed by atoms with Gasteiger partial charge in [0.15, 0.2) is 0 Å². The first kappa shape index (κ1) is 12.4. The molecule has 0 aromatic rings. The Hall–Kier alpha value is -0.610. The zero-order chi connectivity index (χ0) is 10.5. The van der Waals surface area contributed by atoms with Crippen molar-refractivity contribution in [3.63, 3.8) is 0 Å². The molecule has 0 rings (SSSR count). The highest BCUT2D eigenvalue weighted by molar-refractivity contribution is 5.80. The summed E-state index contributed by atoms with van der Waals surface area (Å²) in [6, 6.07) is 0. The van der Waals surface area contributed by atoms with Crippen molar-refractivity contribution in [2.45, 2.75) is 26.9 Å². The van der Waals surface area contributed by atoms with Crippen molar-refractivity contribution in [3.8, 4) is 0 Å². The summed E-state index contributed by atoms with van der Waals surface area (Å²) in [6.45, 7) is 5.95. The van der Waals surface area contributed by atoms with E-state index in [1.165, 1.54) is 7.11 Å². The molecule has 0 aliphatic carbocycles. The summed E-state index contributed by atoms with van der Waals surface area (Å²) in [5.74, 6) is -0.149. The maximum Gasteiger partial charge on any atom is 0.248 e. The summed E-state index contributed by atoms with van der Waals surface area (Å²) >= 11 is 0. The second-order valence-electron chi connectivity index (χ2n) is 3.92. The average Bonchev–Trinajstić information content (AvgIpc) is 2.13. The Balaban J connectivity index is 3.83. The van der Waals surface area contributed by atoms with Crippen molar-refractivity contribution in [1.29, 1.82) is 0 Å². The first-order chi connectivity index (χ1) is 5.93. The van der Waals surface area contributed by atoms with Gasteiger partial charge in [0.1, 0.15) is 6.10 Å². The number of methoxy groups -OCH3 is 1. The summed E-state index contributed by atoms with van der Waals surface area (Å²) in [6.07, 6.45) is -0.436. The molecule has 13 heavy (non-hydrogen) atoms. The number of carbonyl (C=O) groups is 1. The van der Waals surface area contributed by atoms with E-state index >= 15 is 0 Å². The Morgan fingerprint density at radius 2 is 2.15 bits per heavy atom. The molecule has 0 heterocycles. The maximum absolute atomic E-state index is 11.2. The monoisotopic (exact) mass is 189 g/mol. The minimum atomic E-state index is -0.436. The Kier molecular flexibility index (Phi) is 4.95. The lowest BCUT2D eigenvalue weighted by atomic mass is 9.95. The van der Waals surface area contributed by atoms with Gasteiger partial charge in [-0.05, 0) is 6.92 Å². The summed E-state index contributed by atoms with van der Waals surface area (Å²) in [4.78, 5) is 11.2. The highest BCUT2D eigenvalue weighted by Crippen LogP contribution is 2.11. The lowest BCUT2D eigenvalue weighted by molar-refractivity contribution is -0.130. The molecule has 1 unspecified atom stereocenters. The zero-order valence-electron chi connectivity index (χ0n) is 8.76. The molecular weight excluding hydrogens is 170 g/mol. The summed E-state index contributed by atoms with van der Waals surface area (Å²) in [5.41, 5.74) is -0.275. The quantitative estimate of drug-likeness (QED) is 0.647. The highest BCUT2D eigenvalue weighted by atomic mass is 16.5. The minimum absolute atomic E-state index is 0.0502. The molecule has 0 saturated carbocycles. The zero-order valence-corrected chi connectivity index (χ0v) is 8.76. The number of aliphatic hydroxyl groups excluding tert-OH is 1. The molecule has 0 aromatic heterocycles. The van der Waals surface area contributed by atoms with Gasteiger partial charge in [-0.2, -0.15) is 0 Å². The van der Waals surface area contributed by atoms with Gasteiger partial charge in [0.25, 0.3) is 0 Å². The van der Waals surface area contributed by atoms with Crippen molar-refractivity contribution in [3.05, 3.63) is 0 Å². The number of carbonyl (C=O) groups excluding carboxylic acids is 1. The Morgan fingerprint density at radius 3 is 2.54 bits per heavy atom. The third-order valence-corrected chi connectivity index (χ3v) is 1.89. The Labute approximate surface area is 79.3 Å². The SMILES string of the molecule is COC(C)C(=O)NCC(C)(C)CO. The van der Waals surface area contributed by atoms with Gasteiger partial charge in [-0.1, -0.05) is 13.8 Å². The number of rotatable bonds is 5. The number of hydrogen-bond acceptors (Lipinski definition) is 3. The lowest BCUT2D eigenvalue weighted by Gasteiger charge is -2.22. The van der Waals surface area contributed by atoms with Gasteiger partial charge in [-0.15, -0.1) is 0 Å². The van der Waals surface area contributed by atoms with Crippen LogP contribution in [-0.2, 0) is 9.53 Å².